The quantitative estimate of drug-likeness (QED) is 0.647. The Bertz CT molecular complexity index is 457. The predicted molar refractivity (Wildman–Crippen MR) is 112 cm³/mol. The molecule has 2 heterocycles. The Hall–Kier alpha value is -0.450. The molecule has 4 rings (SSSR count). The van der Waals surface area contributed by atoms with Crippen molar-refractivity contribution in [3.8, 4) is 0 Å². The number of aliphatic imine (C=N–C) groups is 1. The van der Waals surface area contributed by atoms with Gasteiger partial charge in [0.2, 0.25) is 0 Å². The molecule has 2 aliphatic heterocycles. The molecule has 0 radical (unpaired) electrons. The summed E-state index contributed by atoms with van der Waals surface area (Å²) >= 11 is 0. The third kappa shape index (κ3) is 4.18. The third-order valence-corrected chi connectivity index (χ3v) is 7.83. The first-order chi connectivity index (χ1) is 12.6. The largest absolute Gasteiger partial charge is 0.330 e. The minimum atomic E-state index is 0.151. The first kappa shape index (κ1) is 20.3. The summed E-state index contributed by atoms with van der Waals surface area (Å²) in [5.41, 5.74) is 13.3. The molecule has 2 bridgehead atoms. The minimum absolute atomic E-state index is 0.151. The lowest BCUT2D eigenvalue weighted by Crippen LogP contribution is -2.62. The van der Waals surface area contributed by atoms with Crippen molar-refractivity contribution in [1.29, 1.82) is 0 Å². The standard InChI is InChI=1S/C22H42N4/c1-3-8-17-9-4-5-10-18-15-25-20(17)19(24)21(18)26-16(2)22(13-14-23)11-6-7-12-22/h15-21,26H,3-14,23-24H2,1-2H3. The van der Waals surface area contributed by atoms with E-state index in [0.29, 0.717) is 35.4 Å². The molecule has 0 aromatic rings. The van der Waals surface area contributed by atoms with Gasteiger partial charge in [-0.1, -0.05) is 39.0 Å². The van der Waals surface area contributed by atoms with E-state index >= 15 is 0 Å². The van der Waals surface area contributed by atoms with Gasteiger partial charge in [0.1, 0.15) is 0 Å². The second-order valence-electron chi connectivity index (χ2n) is 9.39. The number of hydrogen-bond acceptors (Lipinski definition) is 4. The maximum atomic E-state index is 6.89. The highest BCUT2D eigenvalue weighted by Crippen LogP contribution is 2.44. The van der Waals surface area contributed by atoms with Crippen molar-refractivity contribution in [1.82, 2.24) is 5.32 Å². The molecule has 0 aromatic carbocycles. The Morgan fingerprint density at radius 3 is 2.62 bits per heavy atom. The summed E-state index contributed by atoms with van der Waals surface area (Å²) < 4.78 is 0. The van der Waals surface area contributed by atoms with Crippen LogP contribution in [-0.2, 0) is 0 Å². The molecule has 4 nitrogen and oxygen atoms in total. The van der Waals surface area contributed by atoms with E-state index in [4.69, 9.17) is 16.5 Å². The molecule has 5 N–H and O–H groups in total. The Morgan fingerprint density at radius 2 is 1.92 bits per heavy atom. The van der Waals surface area contributed by atoms with Crippen LogP contribution in [0, 0.1) is 17.3 Å². The Balaban J connectivity index is 1.76. The zero-order chi connectivity index (χ0) is 18.6. The predicted octanol–water partition coefficient (Wildman–Crippen LogP) is 3.63. The topological polar surface area (TPSA) is 76.4 Å². The molecule has 4 aliphatic rings. The van der Waals surface area contributed by atoms with Crippen LogP contribution in [0.2, 0.25) is 0 Å². The molecule has 150 valence electrons. The van der Waals surface area contributed by atoms with E-state index in [1.807, 2.05) is 0 Å². The van der Waals surface area contributed by atoms with Crippen molar-refractivity contribution >= 4 is 6.21 Å². The second kappa shape index (κ2) is 9.16. The van der Waals surface area contributed by atoms with Crippen LogP contribution in [0.25, 0.3) is 0 Å². The first-order valence-corrected chi connectivity index (χ1v) is 11.4. The molecular weight excluding hydrogens is 320 g/mol. The molecule has 0 aromatic heterocycles. The van der Waals surface area contributed by atoms with Gasteiger partial charge in [0.25, 0.3) is 0 Å². The third-order valence-electron chi connectivity index (χ3n) is 7.83. The maximum absolute atomic E-state index is 6.89. The number of nitrogens with two attached hydrogens (primary N) is 2. The maximum Gasteiger partial charge on any atom is 0.0690 e. The number of fused-ring (bicyclic) bond motifs is 5. The summed E-state index contributed by atoms with van der Waals surface area (Å²) in [6.07, 6.45) is 16.5. The van der Waals surface area contributed by atoms with E-state index in [2.05, 4.69) is 25.4 Å². The number of nitrogens with one attached hydrogen (secondary N) is 1. The van der Waals surface area contributed by atoms with Crippen LogP contribution in [0.15, 0.2) is 4.99 Å². The Morgan fingerprint density at radius 1 is 1.19 bits per heavy atom. The molecule has 2 aliphatic carbocycles. The fourth-order valence-corrected chi connectivity index (χ4v) is 6.20. The van der Waals surface area contributed by atoms with E-state index in [-0.39, 0.29) is 6.04 Å². The van der Waals surface area contributed by atoms with Gasteiger partial charge in [-0.2, -0.15) is 0 Å². The molecule has 2 fully saturated rings. The minimum Gasteiger partial charge on any atom is -0.330 e. The lowest BCUT2D eigenvalue weighted by atomic mass is 9.74. The summed E-state index contributed by atoms with van der Waals surface area (Å²) in [6.45, 7) is 5.49. The van der Waals surface area contributed by atoms with Gasteiger partial charge in [0.15, 0.2) is 0 Å². The molecule has 6 unspecified atom stereocenters. The van der Waals surface area contributed by atoms with Crippen LogP contribution in [0.5, 0.6) is 0 Å². The molecule has 0 spiro atoms. The zero-order valence-corrected chi connectivity index (χ0v) is 17.1. The van der Waals surface area contributed by atoms with Gasteiger partial charge in [0.05, 0.1) is 6.04 Å². The van der Waals surface area contributed by atoms with Crippen LogP contribution in [0.4, 0.5) is 0 Å². The van der Waals surface area contributed by atoms with E-state index in [1.54, 1.807) is 0 Å². The number of hydrogen-bond donors (Lipinski definition) is 3. The second-order valence-corrected chi connectivity index (χ2v) is 9.39. The van der Waals surface area contributed by atoms with Crippen LogP contribution in [0.1, 0.15) is 84.5 Å². The highest BCUT2D eigenvalue weighted by molar-refractivity contribution is 5.64. The number of nitrogens with zero attached hydrogens (tertiary/aromatic N) is 1. The fraction of sp³-hybridized carbons (Fsp3) is 0.955. The Kier molecular flexibility index (Phi) is 7.15. The number of rotatable bonds is 7. The zero-order valence-electron chi connectivity index (χ0n) is 17.1. The van der Waals surface area contributed by atoms with Gasteiger partial charge in [0, 0.05) is 30.3 Å². The van der Waals surface area contributed by atoms with Gasteiger partial charge in [-0.3, -0.25) is 4.99 Å². The van der Waals surface area contributed by atoms with Gasteiger partial charge in [-0.15, -0.1) is 0 Å². The van der Waals surface area contributed by atoms with Crippen molar-refractivity contribution in [3.63, 3.8) is 0 Å². The molecular formula is C22H42N4. The fourth-order valence-electron chi connectivity index (χ4n) is 6.20. The monoisotopic (exact) mass is 362 g/mol. The van der Waals surface area contributed by atoms with Crippen molar-refractivity contribution < 1.29 is 0 Å². The molecule has 2 saturated carbocycles. The molecule has 0 saturated heterocycles. The normalized spacial score (nSPS) is 37.9. The van der Waals surface area contributed by atoms with E-state index in [9.17, 15) is 0 Å². The van der Waals surface area contributed by atoms with Crippen molar-refractivity contribution in [2.75, 3.05) is 6.54 Å². The molecule has 26 heavy (non-hydrogen) atoms. The van der Waals surface area contributed by atoms with E-state index in [0.717, 1.165) is 13.0 Å². The van der Waals surface area contributed by atoms with Crippen molar-refractivity contribution in [2.24, 2.45) is 33.7 Å². The van der Waals surface area contributed by atoms with Crippen LogP contribution in [0.3, 0.4) is 0 Å². The Labute approximate surface area is 161 Å². The molecule has 0 amide bonds. The average molecular weight is 363 g/mol. The van der Waals surface area contributed by atoms with Crippen molar-refractivity contribution in [3.05, 3.63) is 0 Å². The smallest absolute Gasteiger partial charge is 0.0690 e. The molecule has 4 heteroatoms. The molecule has 6 atom stereocenters. The van der Waals surface area contributed by atoms with Gasteiger partial charge >= 0.3 is 0 Å². The average Bonchev–Trinajstić information content (AvgIpc) is 3.14. The summed E-state index contributed by atoms with van der Waals surface area (Å²) in [4.78, 5) is 4.99. The van der Waals surface area contributed by atoms with Gasteiger partial charge in [-0.25, -0.2) is 0 Å². The van der Waals surface area contributed by atoms with Crippen molar-refractivity contribution in [2.45, 2.75) is 109 Å². The van der Waals surface area contributed by atoms with Crippen LogP contribution < -0.4 is 16.8 Å². The summed E-state index contributed by atoms with van der Waals surface area (Å²) in [7, 11) is 0. The summed E-state index contributed by atoms with van der Waals surface area (Å²) in [5, 5.41) is 4.05. The van der Waals surface area contributed by atoms with E-state index in [1.165, 1.54) is 64.2 Å². The van der Waals surface area contributed by atoms with Crippen LogP contribution in [-0.4, -0.2) is 36.9 Å². The lowest BCUT2D eigenvalue weighted by Gasteiger charge is -2.44. The highest BCUT2D eigenvalue weighted by atomic mass is 15.1. The first-order valence-electron chi connectivity index (χ1n) is 11.4. The van der Waals surface area contributed by atoms with E-state index < -0.39 is 0 Å². The lowest BCUT2D eigenvalue weighted by molar-refractivity contribution is 0.153. The SMILES string of the molecule is CCCC1CCCCC2C=NC1C(N)C2NC(C)C1(CCN)CCCC1. The van der Waals surface area contributed by atoms with Gasteiger partial charge in [-0.05, 0) is 63.3 Å². The van der Waals surface area contributed by atoms with Crippen LogP contribution >= 0.6 is 0 Å². The summed E-state index contributed by atoms with van der Waals surface area (Å²) in [6, 6.07) is 1.33. The summed E-state index contributed by atoms with van der Waals surface area (Å²) in [5.74, 6) is 1.16. The highest BCUT2D eigenvalue weighted by Gasteiger charge is 2.44. The van der Waals surface area contributed by atoms with Gasteiger partial charge < -0.3 is 16.8 Å².